The highest BCUT2D eigenvalue weighted by atomic mass is 16.6. The number of urea groups is 1. The molecular weight excluding hydrogens is 614 g/mol. The zero-order chi connectivity index (χ0) is 34.3. The van der Waals surface area contributed by atoms with E-state index in [2.05, 4.69) is 20.9 Å². The lowest BCUT2D eigenvalue weighted by atomic mass is 10.1. The Kier molecular flexibility index (Phi) is 10.7. The molecular formula is C35H41N7O6. The molecule has 3 aromatic rings. The molecule has 3 aromatic carbocycles. The van der Waals surface area contributed by atoms with Crippen LogP contribution in [0.2, 0.25) is 0 Å². The Labute approximate surface area is 279 Å². The number of hydrogen-bond donors (Lipinski definition) is 3. The largest absolute Gasteiger partial charge is 0.444 e. The number of ether oxygens (including phenoxy) is 2. The van der Waals surface area contributed by atoms with E-state index in [1.807, 2.05) is 42.5 Å². The molecule has 48 heavy (non-hydrogen) atoms. The lowest BCUT2D eigenvalue weighted by molar-refractivity contribution is -0.123. The van der Waals surface area contributed by atoms with Gasteiger partial charge >= 0.3 is 12.1 Å². The van der Waals surface area contributed by atoms with E-state index in [-0.39, 0.29) is 12.5 Å². The van der Waals surface area contributed by atoms with Crippen molar-refractivity contribution in [3.63, 3.8) is 0 Å². The summed E-state index contributed by atoms with van der Waals surface area (Å²) in [5, 5.41) is 8.07. The molecule has 1 atom stereocenters. The number of morpholine rings is 1. The van der Waals surface area contributed by atoms with E-state index in [4.69, 9.17) is 14.5 Å². The van der Waals surface area contributed by atoms with E-state index in [0.717, 1.165) is 0 Å². The molecule has 13 heteroatoms. The van der Waals surface area contributed by atoms with Gasteiger partial charge < -0.3 is 25.0 Å². The Morgan fingerprint density at radius 1 is 0.938 bits per heavy atom. The number of likely N-dealkylation sites (N-methyl/N-ethyl adjacent to an activating group) is 1. The van der Waals surface area contributed by atoms with Gasteiger partial charge in [-0.2, -0.15) is 0 Å². The fourth-order valence-electron chi connectivity index (χ4n) is 5.28. The van der Waals surface area contributed by atoms with Gasteiger partial charge in [-0.15, -0.1) is 0 Å². The number of amides is 5. The molecule has 0 saturated carbocycles. The molecule has 0 aromatic heterocycles. The average Bonchev–Trinajstić information content (AvgIpc) is 3.15. The molecule has 252 valence electrons. The van der Waals surface area contributed by atoms with Crippen molar-refractivity contribution in [3.05, 3.63) is 84.4 Å². The van der Waals surface area contributed by atoms with Gasteiger partial charge in [0.05, 0.1) is 24.6 Å². The first-order chi connectivity index (χ1) is 23.0. The standard InChI is InChI=1S/C35H41N7O6/c1-35(2,3)48-34(46)37-25-12-10-11-24(21-25)36-33(45)39-31-32(44)42(23-30(43)40(4)26-13-6-5-7-14-26)29-16-9-8-15-27(29)28(38-31)22-41-17-19-47-20-18-41/h5-16,21,31H,17-20,22-23H2,1-4H3,(H,37,46)(H2,36,39,45). The van der Waals surface area contributed by atoms with Crippen molar-refractivity contribution >= 4 is 52.4 Å². The molecule has 0 aliphatic carbocycles. The lowest BCUT2D eigenvalue weighted by Crippen LogP contribution is -2.51. The number of benzodiazepines with no additional fused rings is 1. The maximum atomic E-state index is 14.2. The van der Waals surface area contributed by atoms with Crippen LogP contribution in [0.15, 0.2) is 83.9 Å². The second-order valence-corrected chi connectivity index (χ2v) is 12.4. The molecule has 1 fully saturated rings. The van der Waals surface area contributed by atoms with Crippen LogP contribution in [0, 0.1) is 0 Å². The monoisotopic (exact) mass is 655 g/mol. The quantitative estimate of drug-likeness (QED) is 0.328. The first-order valence-electron chi connectivity index (χ1n) is 15.7. The number of aliphatic imine (C=N–C) groups is 1. The van der Waals surface area contributed by atoms with Gasteiger partial charge in [0, 0.05) is 49.3 Å². The van der Waals surface area contributed by atoms with Gasteiger partial charge in [-0.1, -0.05) is 42.5 Å². The minimum Gasteiger partial charge on any atom is -0.444 e. The zero-order valence-corrected chi connectivity index (χ0v) is 27.6. The Balaban J connectivity index is 1.40. The average molecular weight is 656 g/mol. The fraction of sp³-hybridized carbons (Fsp3) is 0.343. The minimum atomic E-state index is -1.34. The van der Waals surface area contributed by atoms with E-state index in [1.54, 1.807) is 64.2 Å². The molecule has 2 aliphatic rings. The predicted molar refractivity (Wildman–Crippen MR) is 185 cm³/mol. The van der Waals surface area contributed by atoms with Crippen LogP contribution in [-0.4, -0.2) is 92.8 Å². The summed E-state index contributed by atoms with van der Waals surface area (Å²) < 4.78 is 10.8. The lowest BCUT2D eigenvalue weighted by Gasteiger charge is -2.28. The molecule has 2 heterocycles. The van der Waals surface area contributed by atoms with Crippen LogP contribution in [0.5, 0.6) is 0 Å². The third kappa shape index (κ3) is 8.96. The summed E-state index contributed by atoms with van der Waals surface area (Å²) in [4.78, 5) is 63.3. The molecule has 1 saturated heterocycles. The van der Waals surface area contributed by atoms with Crippen molar-refractivity contribution in [1.82, 2.24) is 10.2 Å². The molecule has 5 amide bonds. The molecule has 2 aliphatic heterocycles. The van der Waals surface area contributed by atoms with E-state index in [9.17, 15) is 19.2 Å². The summed E-state index contributed by atoms with van der Waals surface area (Å²) in [5.74, 6) is -0.886. The third-order valence-corrected chi connectivity index (χ3v) is 7.61. The van der Waals surface area contributed by atoms with Crippen LogP contribution in [0.3, 0.4) is 0 Å². The first kappa shape index (κ1) is 34.1. The van der Waals surface area contributed by atoms with Crippen molar-refractivity contribution < 1.29 is 28.7 Å². The fourth-order valence-corrected chi connectivity index (χ4v) is 5.28. The van der Waals surface area contributed by atoms with Crippen LogP contribution >= 0.6 is 0 Å². The summed E-state index contributed by atoms with van der Waals surface area (Å²) in [7, 11) is 1.65. The zero-order valence-electron chi connectivity index (χ0n) is 27.6. The van der Waals surface area contributed by atoms with Gasteiger partial charge in [0.2, 0.25) is 12.1 Å². The van der Waals surface area contributed by atoms with Crippen molar-refractivity contribution in [2.75, 3.05) is 66.9 Å². The Hall–Kier alpha value is -5.27. The molecule has 0 bridgehead atoms. The molecule has 1 unspecified atom stereocenters. The topological polar surface area (TPSA) is 145 Å². The number of nitrogens with one attached hydrogen (secondary N) is 3. The number of nitrogens with zero attached hydrogens (tertiary/aromatic N) is 4. The van der Waals surface area contributed by atoms with Crippen molar-refractivity contribution in [2.24, 2.45) is 4.99 Å². The molecule has 5 rings (SSSR count). The number of hydrogen-bond acceptors (Lipinski definition) is 8. The van der Waals surface area contributed by atoms with Gasteiger partial charge in [-0.05, 0) is 57.2 Å². The van der Waals surface area contributed by atoms with Gasteiger partial charge in [0.1, 0.15) is 12.1 Å². The number of carbonyl (C=O) groups excluding carboxylic acids is 4. The van der Waals surface area contributed by atoms with Crippen LogP contribution in [0.1, 0.15) is 26.3 Å². The Bertz CT molecular complexity index is 1670. The Morgan fingerprint density at radius 2 is 1.60 bits per heavy atom. The molecule has 0 radical (unpaired) electrons. The SMILES string of the molecule is CN(C(=O)CN1C(=O)C(NC(=O)Nc2cccc(NC(=O)OC(C)(C)C)c2)N=C(CN2CCOCC2)c2ccccc21)c1ccccc1. The summed E-state index contributed by atoms with van der Waals surface area (Å²) in [6, 6.07) is 22.3. The summed E-state index contributed by atoms with van der Waals surface area (Å²) in [6.45, 7) is 7.94. The number of carbonyl (C=O) groups is 4. The van der Waals surface area contributed by atoms with Gasteiger partial charge in [-0.25, -0.2) is 9.59 Å². The predicted octanol–water partition coefficient (Wildman–Crippen LogP) is 4.31. The minimum absolute atomic E-state index is 0.278. The van der Waals surface area contributed by atoms with Crippen LogP contribution < -0.4 is 25.8 Å². The van der Waals surface area contributed by atoms with Crippen LogP contribution in [0.25, 0.3) is 0 Å². The van der Waals surface area contributed by atoms with Gasteiger partial charge in [0.25, 0.3) is 5.91 Å². The van der Waals surface area contributed by atoms with E-state index < -0.39 is 29.8 Å². The smallest absolute Gasteiger partial charge is 0.412 e. The van der Waals surface area contributed by atoms with E-state index in [0.29, 0.717) is 66.9 Å². The number of benzene rings is 3. The maximum Gasteiger partial charge on any atom is 0.412 e. The number of fused-ring (bicyclic) bond motifs is 1. The third-order valence-electron chi connectivity index (χ3n) is 7.61. The highest BCUT2D eigenvalue weighted by molar-refractivity contribution is 6.16. The normalized spacial score (nSPS) is 16.6. The van der Waals surface area contributed by atoms with Crippen molar-refractivity contribution in [3.8, 4) is 0 Å². The van der Waals surface area contributed by atoms with E-state index >= 15 is 0 Å². The second kappa shape index (κ2) is 15.1. The second-order valence-electron chi connectivity index (χ2n) is 12.4. The summed E-state index contributed by atoms with van der Waals surface area (Å²) in [6.07, 6.45) is -1.98. The number of anilines is 4. The number of para-hydroxylation sites is 2. The van der Waals surface area contributed by atoms with Gasteiger partial charge in [-0.3, -0.25) is 29.7 Å². The Morgan fingerprint density at radius 3 is 2.31 bits per heavy atom. The van der Waals surface area contributed by atoms with Crippen molar-refractivity contribution in [1.29, 1.82) is 0 Å². The molecule has 13 nitrogen and oxygen atoms in total. The summed E-state index contributed by atoms with van der Waals surface area (Å²) >= 11 is 0. The first-order valence-corrected chi connectivity index (χ1v) is 15.7. The van der Waals surface area contributed by atoms with Crippen LogP contribution in [0.4, 0.5) is 32.3 Å². The van der Waals surface area contributed by atoms with E-state index in [1.165, 1.54) is 9.80 Å². The maximum absolute atomic E-state index is 14.2. The summed E-state index contributed by atoms with van der Waals surface area (Å²) in [5.41, 5.74) is 2.58. The van der Waals surface area contributed by atoms with Gasteiger partial charge in [0.15, 0.2) is 0 Å². The van der Waals surface area contributed by atoms with Crippen molar-refractivity contribution in [2.45, 2.75) is 32.5 Å². The highest BCUT2D eigenvalue weighted by Gasteiger charge is 2.35. The molecule has 3 N–H and O–H groups in total. The highest BCUT2D eigenvalue weighted by Crippen LogP contribution is 2.27. The van der Waals surface area contributed by atoms with Crippen LogP contribution in [-0.2, 0) is 19.1 Å². The molecule has 0 spiro atoms. The number of rotatable bonds is 8.